The van der Waals surface area contributed by atoms with Gasteiger partial charge in [-0.2, -0.15) is 0 Å². The lowest BCUT2D eigenvalue weighted by Gasteiger charge is -2.29. The quantitative estimate of drug-likeness (QED) is 0.741. The van der Waals surface area contributed by atoms with Crippen LogP contribution in [0.25, 0.3) is 0 Å². The van der Waals surface area contributed by atoms with E-state index >= 15 is 0 Å². The molecule has 1 aliphatic carbocycles. The number of amides is 3. The first-order valence-electron chi connectivity index (χ1n) is 8.77. The molecular weight excluding hydrogens is 320 g/mol. The monoisotopic (exact) mass is 344 g/mol. The van der Waals surface area contributed by atoms with Gasteiger partial charge in [0, 0.05) is 18.9 Å². The Kier molecular flexibility index (Phi) is 5.33. The highest BCUT2D eigenvalue weighted by Gasteiger charge is 2.29. The molecule has 134 valence electrons. The lowest BCUT2D eigenvalue weighted by atomic mass is 10.0. The standard InChI is InChI=1S/C18H24N4O3/c19-10-12-4-3-6-13(12)20-16(23)8-9-18(25)22-11-17(24)21-14-5-1-2-7-15(14)22/h1-2,5,7,12-13H,3-4,6,8-11,19H2,(H,20,23)(H,21,24). The zero-order valence-electron chi connectivity index (χ0n) is 14.2. The number of nitrogens with two attached hydrogens (primary N) is 1. The van der Waals surface area contributed by atoms with Crippen molar-refractivity contribution in [2.45, 2.75) is 38.1 Å². The van der Waals surface area contributed by atoms with Crippen molar-refractivity contribution in [3.8, 4) is 0 Å². The number of nitrogens with zero attached hydrogens (tertiary/aromatic N) is 1. The van der Waals surface area contributed by atoms with Crippen molar-refractivity contribution in [3.05, 3.63) is 24.3 Å². The van der Waals surface area contributed by atoms with Crippen LogP contribution in [0.5, 0.6) is 0 Å². The highest BCUT2D eigenvalue weighted by Crippen LogP contribution is 2.29. The van der Waals surface area contributed by atoms with Gasteiger partial charge in [0.2, 0.25) is 17.7 Å². The van der Waals surface area contributed by atoms with E-state index < -0.39 is 0 Å². The third kappa shape index (κ3) is 3.99. The molecule has 2 atom stereocenters. The zero-order valence-corrected chi connectivity index (χ0v) is 14.2. The summed E-state index contributed by atoms with van der Waals surface area (Å²) >= 11 is 0. The Morgan fingerprint density at radius 2 is 2.04 bits per heavy atom. The second-order valence-electron chi connectivity index (χ2n) is 6.65. The number of benzene rings is 1. The van der Waals surface area contributed by atoms with Crippen molar-refractivity contribution in [1.29, 1.82) is 0 Å². The average Bonchev–Trinajstić information content (AvgIpc) is 3.06. The van der Waals surface area contributed by atoms with E-state index in [0.717, 1.165) is 19.3 Å². The summed E-state index contributed by atoms with van der Waals surface area (Å²) in [6.45, 7) is 0.554. The number of hydrogen-bond donors (Lipinski definition) is 3. The number of fused-ring (bicyclic) bond motifs is 1. The van der Waals surface area contributed by atoms with E-state index in [1.165, 1.54) is 4.90 Å². The van der Waals surface area contributed by atoms with Crippen LogP contribution in [0, 0.1) is 5.92 Å². The molecule has 1 aromatic carbocycles. The highest BCUT2D eigenvalue weighted by atomic mass is 16.2. The van der Waals surface area contributed by atoms with E-state index in [1.54, 1.807) is 18.2 Å². The third-order valence-electron chi connectivity index (χ3n) is 4.95. The molecule has 1 aliphatic heterocycles. The fourth-order valence-corrected chi connectivity index (χ4v) is 3.60. The van der Waals surface area contributed by atoms with Crippen molar-refractivity contribution in [2.75, 3.05) is 23.3 Å². The second kappa shape index (κ2) is 7.65. The molecule has 0 spiro atoms. The summed E-state index contributed by atoms with van der Waals surface area (Å²) in [7, 11) is 0. The number of carbonyl (C=O) groups is 3. The molecule has 3 amide bonds. The predicted molar refractivity (Wildman–Crippen MR) is 95.0 cm³/mol. The molecule has 7 nitrogen and oxygen atoms in total. The van der Waals surface area contributed by atoms with Crippen LogP contribution in [0.4, 0.5) is 11.4 Å². The maximum Gasteiger partial charge on any atom is 0.244 e. The molecule has 4 N–H and O–H groups in total. The summed E-state index contributed by atoms with van der Waals surface area (Å²) in [4.78, 5) is 37.9. The smallest absolute Gasteiger partial charge is 0.244 e. The van der Waals surface area contributed by atoms with E-state index in [-0.39, 0.29) is 43.1 Å². The molecule has 2 unspecified atom stereocenters. The molecule has 0 radical (unpaired) electrons. The van der Waals surface area contributed by atoms with Crippen LogP contribution in [0.2, 0.25) is 0 Å². The number of nitrogens with one attached hydrogen (secondary N) is 2. The maximum atomic E-state index is 12.5. The van der Waals surface area contributed by atoms with Crippen molar-refractivity contribution in [2.24, 2.45) is 11.7 Å². The average molecular weight is 344 g/mol. The summed E-state index contributed by atoms with van der Waals surface area (Å²) < 4.78 is 0. The van der Waals surface area contributed by atoms with Gasteiger partial charge < -0.3 is 21.3 Å². The second-order valence-corrected chi connectivity index (χ2v) is 6.65. The molecule has 1 heterocycles. The first kappa shape index (κ1) is 17.4. The maximum absolute atomic E-state index is 12.5. The predicted octanol–water partition coefficient (Wildman–Crippen LogP) is 0.996. The van der Waals surface area contributed by atoms with Gasteiger partial charge in [0.05, 0.1) is 11.4 Å². The fraction of sp³-hybridized carbons (Fsp3) is 0.500. The molecular formula is C18H24N4O3. The first-order valence-corrected chi connectivity index (χ1v) is 8.77. The van der Waals surface area contributed by atoms with E-state index in [4.69, 9.17) is 5.73 Å². The van der Waals surface area contributed by atoms with Gasteiger partial charge in [-0.3, -0.25) is 14.4 Å². The third-order valence-corrected chi connectivity index (χ3v) is 4.95. The number of hydrogen-bond acceptors (Lipinski definition) is 4. The summed E-state index contributed by atoms with van der Waals surface area (Å²) in [6, 6.07) is 7.28. The number of rotatable bonds is 5. The van der Waals surface area contributed by atoms with Gasteiger partial charge in [-0.1, -0.05) is 18.6 Å². The van der Waals surface area contributed by atoms with Crippen LogP contribution in [0.3, 0.4) is 0 Å². The lowest BCUT2D eigenvalue weighted by Crippen LogP contribution is -2.43. The van der Waals surface area contributed by atoms with Crippen molar-refractivity contribution in [1.82, 2.24) is 5.32 Å². The van der Waals surface area contributed by atoms with Gasteiger partial charge in [-0.05, 0) is 37.4 Å². The SMILES string of the molecule is NCC1CCCC1NC(=O)CCC(=O)N1CC(=O)Nc2ccccc21. The van der Waals surface area contributed by atoms with Crippen LogP contribution in [0.1, 0.15) is 32.1 Å². The Morgan fingerprint density at radius 3 is 2.84 bits per heavy atom. The number of anilines is 2. The molecule has 25 heavy (non-hydrogen) atoms. The number of carbonyl (C=O) groups excluding carboxylic acids is 3. The normalized spacial score (nSPS) is 22.3. The van der Waals surface area contributed by atoms with E-state index in [0.29, 0.717) is 23.8 Å². The van der Waals surface area contributed by atoms with Crippen LogP contribution in [-0.2, 0) is 14.4 Å². The summed E-state index contributed by atoms with van der Waals surface area (Å²) in [6.07, 6.45) is 3.26. The molecule has 0 saturated heterocycles. The van der Waals surface area contributed by atoms with Crippen LogP contribution in [-0.4, -0.2) is 36.9 Å². The minimum absolute atomic E-state index is 0.0185. The number of para-hydroxylation sites is 2. The molecule has 1 fully saturated rings. The molecule has 1 aromatic rings. The molecule has 7 heteroatoms. The minimum atomic E-state index is -0.228. The Hall–Kier alpha value is -2.41. The fourth-order valence-electron chi connectivity index (χ4n) is 3.60. The van der Waals surface area contributed by atoms with Crippen molar-refractivity contribution >= 4 is 29.1 Å². The molecule has 1 saturated carbocycles. The molecule has 3 rings (SSSR count). The van der Waals surface area contributed by atoms with Crippen molar-refractivity contribution < 1.29 is 14.4 Å². The molecule has 2 aliphatic rings. The minimum Gasteiger partial charge on any atom is -0.353 e. The van der Waals surface area contributed by atoms with E-state index in [2.05, 4.69) is 10.6 Å². The van der Waals surface area contributed by atoms with Gasteiger partial charge in [-0.15, -0.1) is 0 Å². The topological polar surface area (TPSA) is 105 Å². The van der Waals surface area contributed by atoms with E-state index in [1.807, 2.05) is 6.07 Å². The van der Waals surface area contributed by atoms with Crippen LogP contribution >= 0.6 is 0 Å². The van der Waals surface area contributed by atoms with Crippen molar-refractivity contribution in [3.63, 3.8) is 0 Å². The van der Waals surface area contributed by atoms with Crippen LogP contribution < -0.4 is 21.3 Å². The Morgan fingerprint density at radius 1 is 1.24 bits per heavy atom. The Balaban J connectivity index is 1.56. The summed E-state index contributed by atoms with van der Waals surface area (Å²) in [5.41, 5.74) is 7.02. The lowest BCUT2D eigenvalue weighted by molar-refractivity contribution is -0.126. The molecule has 0 aromatic heterocycles. The largest absolute Gasteiger partial charge is 0.353 e. The van der Waals surface area contributed by atoms with Gasteiger partial charge in [0.1, 0.15) is 6.54 Å². The van der Waals surface area contributed by atoms with Gasteiger partial charge in [0.25, 0.3) is 0 Å². The summed E-state index contributed by atoms with van der Waals surface area (Å²) in [5.74, 6) is -0.252. The van der Waals surface area contributed by atoms with Gasteiger partial charge >= 0.3 is 0 Å². The molecule has 0 bridgehead atoms. The summed E-state index contributed by atoms with van der Waals surface area (Å²) in [5, 5.41) is 5.74. The van der Waals surface area contributed by atoms with Gasteiger partial charge in [-0.25, -0.2) is 0 Å². The zero-order chi connectivity index (χ0) is 17.8. The van der Waals surface area contributed by atoms with Gasteiger partial charge in [0.15, 0.2) is 0 Å². The highest BCUT2D eigenvalue weighted by molar-refractivity contribution is 6.10. The van der Waals surface area contributed by atoms with E-state index in [9.17, 15) is 14.4 Å². The first-order chi connectivity index (χ1) is 12.1. The van der Waals surface area contributed by atoms with Crippen LogP contribution in [0.15, 0.2) is 24.3 Å². The Bertz CT molecular complexity index is 676. The Labute approximate surface area is 146 Å².